The molecule has 17 heavy (non-hydrogen) atoms. The molecule has 1 heterocycles. The van der Waals surface area contributed by atoms with Gasteiger partial charge in [0.25, 0.3) is 0 Å². The Balaban J connectivity index is 2.28. The molecule has 0 aromatic heterocycles. The van der Waals surface area contributed by atoms with Crippen molar-refractivity contribution >= 4 is 22.5 Å². The summed E-state index contributed by atoms with van der Waals surface area (Å²) in [6.07, 6.45) is 0. The van der Waals surface area contributed by atoms with E-state index < -0.39 is 5.97 Å². The minimum Gasteiger partial charge on any atom is -0.476 e. The lowest BCUT2D eigenvalue weighted by atomic mass is 9.97. The smallest absolute Gasteiger partial charge is 0.358 e. The van der Waals surface area contributed by atoms with E-state index in [1.54, 1.807) is 0 Å². The number of carboxylic acid groups (broad SMARTS) is 1. The Morgan fingerprint density at radius 3 is 2.65 bits per heavy atom. The van der Waals surface area contributed by atoms with E-state index >= 15 is 0 Å². The molecule has 2 aromatic carbocycles. The number of rotatable bonds is 1. The number of carboxylic acids is 1. The number of aliphatic carboxylic acids is 1. The third-order valence-electron chi connectivity index (χ3n) is 2.81. The van der Waals surface area contributed by atoms with Crippen molar-refractivity contribution in [3.8, 4) is 0 Å². The molecule has 4 heteroatoms. The number of fused-ring (bicyclic) bond motifs is 2. The SMILES string of the molecule is O=C(O)C1=NOCc2cc3ccccc3cc21. The molecule has 0 fully saturated rings. The Morgan fingerprint density at radius 1 is 1.24 bits per heavy atom. The summed E-state index contributed by atoms with van der Waals surface area (Å²) in [5.41, 5.74) is 1.47. The van der Waals surface area contributed by atoms with Crippen molar-refractivity contribution in [1.29, 1.82) is 0 Å². The number of oxime groups is 1. The average molecular weight is 227 g/mol. The molecule has 0 spiro atoms. The Morgan fingerprint density at radius 2 is 1.94 bits per heavy atom. The summed E-state index contributed by atoms with van der Waals surface area (Å²) < 4.78 is 0. The van der Waals surface area contributed by atoms with Crippen molar-refractivity contribution in [1.82, 2.24) is 0 Å². The topological polar surface area (TPSA) is 58.9 Å². The van der Waals surface area contributed by atoms with E-state index in [0.717, 1.165) is 16.3 Å². The molecule has 1 aliphatic rings. The number of nitrogens with zero attached hydrogens (tertiary/aromatic N) is 1. The summed E-state index contributed by atoms with van der Waals surface area (Å²) >= 11 is 0. The summed E-state index contributed by atoms with van der Waals surface area (Å²) in [6, 6.07) is 11.6. The van der Waals surface area contributed by atoms with E-state index in [1.165, 1.54) is 0 Å². The molecular formula is C13H9NO3. The van der Waals surface area contributed by atoms with E-state index in [9.17, 15) is 4.79 Å². The molecule has 1 N–H and O–H groups in total. The first-order valence-corrected chi connectivity index (χ1v) is 5.21. The summed E-state index contributed by atoms with van der Waals surface area (Å²) in [4.78, 5) is 16.0. The fourth-order valence-corrected chi connectivity index (χ4v) is 2.00. The van der Waals surface area contributed by atoms with Crippen molar-refractivity contribution < 1.29 is 14.7 Å². The van der Waals surface area contributed by atoms with E-state index in [0.29, 0.717) is 12.2 Å². The van der Waals surface area contributed by atoms with Gasteiger partial charge in [0.1, 0.15) is 6.61 Å². The van der Waals surface area contributed by atoms with Gasteiger partial charge in [-0.25, -0.2) is 4.79 Å². The number of hydrogen-bond acceptors (Lipinski definition) is 3. The predicted molar refractivity (Wildman–Crippen MR) is 62.9 cm³/mol. The van der Waals surface area contributed by atoms with Gasteiger partial charge in [0.15, 0.2) is 5.71 Å². The predicted octanol–water partition coefficient (Wildman–Crippen LogP) is 2.16. The highest BCUT2D eigenvalue weighted by Crippen LogP contribution is 2.24. The van der Waals surface area contributed by atoms with Crippen molar-refractivity contribution in [3.05, 3.63) is 47.5 Å². The molecule has 1 aliphatic heterocycles. The first-order valence-electron chi connectivity index (χ1n) is 5.21. The molecule has 0 amide bonds. The molecule has 0 saturated heterocycles. The van der Waals surface area contributed by atoms with Crippen molar-refractivity contribution in [3.63, 3.8) is 0 Å². The second-order valence-electron chi connectivity index (χ2n) is 3.87. The zero-order chi connectivity index (χ0) is 11.8. The van der Waals surface area contributed by atoms with Crippen molar-refractivity contribution in [2.24, 2.45) is 5.16 Å². The van der Waals surface area contributed by atoms with Gasteiger partial charge in [0, 0.05) is 11.1 Å². The molecule has 0 aliphatic carbocycles. The first-order chi connectivity index (χ1) is 8.25. The van der Waals surface area contributed by atoms with Crippen LogP contribution in [0.5, 0.6) is 0 Å². The van der Waals surface area contributed by atoms with Crippen LogP contribution in [-0.4, -0.2) is 16.8 Å². The van der Waals surface area contributed by atoms with Gasteiger partial charge in [-0.05, 0) is 22.9 Å². The minimum atomic E-state index is -1.07. The van der Waals surface area contributed by atoms with Gasteiger partial charge >= 0.3 is 5.97 Å². The number of carbonyl (C=O) groups is 1. The van der Waals surface area contributed by atoms with Crippen LogP contribution in [0.15, 0.2) is 41.6 Å². The van der Waals surface area contributed by atoms with Crippen molar-refractivity contribution in [2.45, 2.75) is 6.61 Å². The molecule has 0 atom stereocenters. The molecule has 0 radical (unpaired) electrons. The van der Waals surface area contributed by atoms with Crippen LogP contribution in [0, 0.1) is 0 Å². The lowest BCUT2D eigenvalue weighted by Gasteiger charge is -2.15. The standard InChI is InChI=1S/C13H9NO3/c15-13(16)12-11-6-9-4-2-1-3-8(9)5-10(11)7-17-14-12/h1-6H,7H2,(H,15,16). The second kappa shape index (κ2) is 3.59. The van der Waals surface area contributed by atoms with Gasteiger partial charge < -0.3 is 9.94 Å². The summed E-state index contributed by atoms with van der Waals surface area (Å²) in [5, 5.41) is 14.7. The van der Waals surface area contributed by atoms with Crippen molar-refractivity contribution in [2.75, 3.05) is 0 Å². The zero-order valence-electron chi connectivity index (χ0n) is 8.88. The van der Waals surface area contributed by atoms with Gasteiger partial charge in [-0.15, -0.1) is 0 Å². The van der Waals surface area contributed by atoms with Crippen LogP contribution >= 0.6 is 0 Å². The Kier molecular flexibility index (Phi) is 2.08. The monoisotopic (exact) mass is 227 g/mol. The highest BCUT2D eigenvalue weighted by molar-refractivity contribution is 6.43. The summed E-state index contributed by atoms with van der Waals surface area (Å²) in [6.45, 7) is 0.316. The normalized spacial score (nSPS) is 13.8. The molecule has 0 unspecified atom stereocenters. The van der Waals surface area contributed by atoms with Crippen LogP contribution in [0.1, 0.15) is 11.1 Å². The first kappa shape index (κ1) is 9.84. The van der Waals surface area contributed by atoms with Gasteiger partial charge in [-0.3, -0.25) is 0 Å². The highest BCUT2D eigenvalue weighted by atomic mass is 16.6. The Hall–Kier alpha value is -2.36. The van der Waals surface area contributed by atoms with Crippen LogP contribution in [0.25, 0.3) is 10.8 Å². The van der Waals surface area contributed by atoms with Crippen LogP contribution in [-0.2, 0) is 16.2 Å². The zero-order valence-corrected chi connectivity index (χ0v) is 8.88. The maximum absolute atomic E-state index is 11.0. The second-order valence-corrected chi connectivity index (χ2v) is 3.87. The maximum Gasteiger partial charge on any atom is 0.358 e. The largest absolute Gasteiger partial charge is 0.476 e. The van der Waals surface area contributed by atoms with Gasteiger partial charge in [0.2, 0.25) is 0 Å². The van der Waals surface area contributed by atoms with E-state index in [4.69, 9.17) is 9.94 Å². The Labute approximate surface area is 97.1 Å². The van der Waals surface area contributed by atoms with E-state index in [-0.39, 0.29) is 5.71 Å². The Bertz CT molecular complexity index is 646. The minimum absolute atomic E-state index is 0.0306. The lowest BCUT2D eigenvalue weighted by Crippen LogP contribution is -2.20. The van der Waals surface area contributed by atoms with Crippen LogP contribution in [0.2, 0.25) is 0 Å². The third kappa shape index (κ3) is 1.54. The lowest BCUT2D eigenvalue weighted by molar-refractivity contribution is -0.129. The van der Waals surface area contributed by atoms with E-state index in [1.807, 2.05) is 36.4 Å². The molecule has 2 aromatic rings. The highest BCUT2D eigenvalue weighted by Gasteiger charge is 2.21. The molecular weight excluding hydrogens is 218 g/mol. The van der Waals surface area contributed by atoms with Crippen LogP contribution < -0.4 is 0 Å². The quantitative estimate of drug-likeness (QED) is 0.812. The molecule has 0 bridgehead atoms. The van der Waals surface area contributed by atoms with E-state index in [2.05, 4.69) is 5.16 Å². The molecule has 4 nitrogen and oxygen atoms in total. The van der Waals surface area contributed by atoms with Gasteiger partial charge in [-0.1, -0.05) is 29.4 Å². The number of hydrogen-bond donors (Lipinski definition) is 1. The molecule has 84 valence electrons. The molecule has 0 saturated carbocycles. The van der Waals surface area contributed by atoms with Gasteiger partial charge in [0.05, 0.1) is 0 Å². The summed E-state index contributed by atoms with van der Waals surface area (Å²) in [7, 11) is 0. The van der Waals surface area contributed by atoms with Gasteiger partial charge in [-0.2, -0.15) is 0 Å². The average Bonchev–Trinajstić information content (AvgIpc) is 2.35. The molecule has 3 rings (SSSR count). The van der Waals surface area contributed by atoms with Crippen LogP contribution in [0.4, 0.5) is 0 Å². The fourth-order valence-electron chi connectivity index (χ4n) is 2.00. The maximum atomic E-state index is 11.0. The third-order valence-corrected chi connectivity index (χ3v) is 2.81. The number of benzene rings is 2. The summed E-state index contributed by atoms with van der Waals surface area (Å²) in [5.74, 6) is -1.07. The fraction of sp³-hybridized carbons (Fsp3) is 0.0769. The van der Waals surface area contributed by atoms with Crippen LogP contribution in [0.3, 0.4) is 0 Å².